The zero-order valence-electron chi connectivity index (χ0n) is 18.1. The third-order valence-electron chi connectivity index (χ3n) is 5.70. The van der Waals surface area contributed by atoms with Gasteiger partial charge in [0, 0.05) is 17.3 Å². The highest BCUT2D eigenvalue weighted by molar-refractivity contribution is 6.05. The second-order valence-electron chi connectivity index (χ2n) is 7.88. The quantitative estimate of drug-likeness (QED) is 0.424. The van der Waals surface area contributed by atoms with E-state index in [0.717, 1.165) is 18.4 Å². The van der Waals surface area contributed by atoms with E-state index in [9.17, 15) is 9.59 Å². The second-order valence-corrected chi connectivity index (χ2v) is 7.88. The standard InChI is InChI=1S/C25H21N7O2/c26-23-22(25(34)32-21-10-11-27-14-29-21)30-20(13-28-23)16-5-3-6-17(12-16)24(33)31-19-9-8-15-4-1-2-7-18(15)19/h1-7,10-14,19H,8-9H2,(H2,26,28)(H,31,33)(H,27,29,32,34)/t19-/m0/s1. The normalized spacial score (nSPS) is 14.3. The number of benzene rings is 2. The van der Waals surface area contributed by atoms with E-state index < -0.39 is 5.91 Å². The van der Waals surface area contributed by atoms with Crippen LogP contribution in [0, 0.1) is 0 Å². The Morgan fingerprint density at radius 3 is 2.74 bits per heavy atom. The monoisotopic (exact) mass is 451 g/mol. The number of carbonyl (C=O) groups is 2. The minimum atomic E-state index is -0.542. The van der Waals surface area contributed by atoms with E-state index in [1.807, 2.05) is 12.1 Å². The summed E-state index contributed by atoms with van der Waals surface area (Å²) < 4.78 is 0. The fourth-order valence-electron chi connectivity index (χ4n) is 4.01. The Hall–Kier alpha value is -4.66. The number of nitrogens with two attached hydrogens (primary N) is 1. The number of aryl methyl sites for hydroxylation is 1. The van der Waals surface area contributed by atoms with Crippen LogP contribution < -0.4 is 16.4 Å². The van der Waals surface area contributed by atoms with E-state index >= 15 is 0 Å². The average Bonchev–Trinajstić information content (AvgIpc) is 3.27. The maximum Gasteiger partial charge on any atom is 0.279 e. The van der Waals surface area contributed by atoms with Crippen molar-refractivity contribution in [3.63, 3.8) is 0 Å². The van der Waals surface area contributed by atoms with Gasteiger partial charge in [0.1, 0.15) is 12.1 Å². The molecule has 0 bridgehead atoms. The SMILES string of the molecule is Nc1ncc(-c2cccc(C(=O)N[C@H]3CCc4ccccc43)c2)nc1C(=O)Nc1ccncn1. The summed E-state index contributed by atoms with van der Waals surface area (Å²) in [6.45, 7) is 0. The first-order valence-corrected chi connectivity index (χ1v) is 10.8. The second kappa shape index (κ2) is 9.07. The summed E-state index contributed by atoms with van der Waals surface area (Å²) in [6.07, 6.45) is 6.12. The highest BCUT2D eigenvalue weighted by Crippen LogP contribution is 2.31. The fourth-order valence-corrected chi connectivity index (χ4v) is 4.01. The van der Waals surface area contributed by atoms with Crippen LogP contribution in [0.4, 0.5) is 11.6 Å². The van der Waals surface area contributed by atoms with Gasteiger partial charge in [0.15, 0.2) is 11.5 Å². The molecule has 1 aliphatic rings. The van der Waals surface area contributed by atoms with Crippen LogP contribution in [0.15, 0.2) is 73.3 Å². The van der Waals surface area contributed by atoms with Crippen LogP contribution in [0.2, 0.25) is 0 Å². The minimum absolute atomic E-state index is 0.0101. The predicted molar refractivity (Wildman–Crippen MR) is 127 cm³/mol. The van der Waals surface area contributed by atoms with Gasteiger partial charge in [-0.05, 0) is 42.2 Å². The van der Waals surface area contributed by atoms with Crippen LogP contribution in [-0.4, -0.2) is 31.8 Å². The average molecular weight is 451 g/mol. The summed E-state index contributed by atoms with van der Waals surface area (Å²) in [4.78, 5) is 42.0. The molecule has 4 aromatic rings. The van der Waals surface area contributed by atoms with Gasteiger partial charge in [0.05, 0.1) is 17.9 Å². The first-order valence-electron chi connectivity index (χ1n) is 10.8. The van der Waals surface area contributed by atoms with Crippen LogP contribution in [0.1, 0.15) is 44.4 Å². The zero-order valence-corrected chi connectivity index (χ0v) is 18.1. The van der Waals surface area contributed by atoms with E-state index in [2.05, 4.69) is 42.7 Å². The molecule has 2 amide bonds. The van der Waals surface area contributed by atoms with Gasteiger partial charge in [-0.1, -0.05) is 36.4 Å². The van der Waals surface area contributed by atoms with Crippen LogP contribution in [0.25, 0.3) is 11.3 Å². The molecular formula is C25H21N7O2. The Balaban J connectivity index is 1.36. The summed E-state index contributed by atoms with van der Waals surface area (Å²) >= 11 is 0. The van der Waals surface area contributed by atoms with E-state index in [4.69, 9.17) is 5.73 Å². The number of rotatable bonds is 5. The van der Waals surface area contributed by atoms with Gasteiger partial charge in [-0.3, -0.25) is 9.59 Å². The number of amides is 2. The molecule has 168 valence electrons. The molecule has 1 atom stereocenters. The first kappa shape index (κ1) is 21.2. The third-order valence-corrected chi connectivity index (χ3v) is 5.70. The van der Waals surface area contributed by atoms with E-state index in [1.54, 1.807) is 30.3 Å². The van der Waals surface area contributed by atoms with Crippen molar-refractivity contribution in [1.29, 1.82) is 0 Å². The van der Waals surface area contributed by atoms with Gasteiger partial charge in [-0.25, -0.2) is 19.9 Å². The number of hydrogen-bond donors (Lipinski definition) is 3. The van der Waals surface area contributed by atoms with Crippen molar-refractivity contribution in [2.75, 3.05) is 11.1 Å². The molecule has 4 N–H and O–H groups in total. The number of hydrogen-bond acceptors (Lipinski definition) is 7. The van der Waals surface area contributed by atoms with Gasteiger partial charge in [-0.2, -0.15) is 0 Å². The number of nitrogens with zero attached hydrogens (tertiary/aromatic N) is 4. The van der Waals surface area contributed by atoms with E-state index in [0.29, 0.717) is 22.6 Å². The van der Waals surface area contributed by atoms with E-state index in [1.165, 1.54) is 24.3 Å². The molecule has 0 aliphatic heterocycles. The van der Waals surface area contributed by atoms with E-state index in [-0.39, 0.29) is 23.5 Å². The third kappa shape index (κ3) is 4.31. The van der Waals surface area contributed by atoms with Crippen molar-refractivity contribution < 1.29 is 9.59 Å². The molecule has 2 aromatic carbocycles. The highest BCUT2D eigenvalue weighted by atomic mass is 16.2. The Morgan fingerprint density at radius 1 is 1.00 bits per heavy atom. The molecule has 34 heavy (non-hydrogen) atoms. The lowest BCUT2D eigenvalue weighted by molar-refractivity contribution is 0.0936. The largest absolute Gasteiger partial charge is 0.382 e. The molecule has 9 nitrogen and oxygen atoms in total. The summed E-state index contributed by atoms with van der Waals surface area (Å²) in [5.41, 5.74) is 9.85. The number of nitrogen functional groups attached to an aromatic ring is 1. The van der Waals surface area contributed by atoms with Crippen LogP contribution in [0.3, 0.4) is 0 Å². The summed E-state index contributed by atoms with van der Waals surface area (Å²) in [5, 5.41) is 5.74. The first-order chi connectivity index (χ1) is 16.6. The topological polar surface area (TPSA) is 136 Å². The van der Waals surface area contributed by atoms with Crippen LogP contribution >= 0.6 is 0 Å². The van der Waals surface area contributed by atoms with Gasteiger partial charge in [-0.15, -0.1) is 0 Å². The van der Waals surface area contributed by atoms with Gasteiger partial charge in [0.2, 0.25) is 0 Å². The molecule has 0 saturated heterocycles. The molecule has 0 unspecified atom stereocenters. The smallest absolute Gasteiger partial charge is 0.279 e. The molecule has 0 spiro atoms. The molecule has 2 aromatic heterocycles. The Labute approximate surface area is 195 Å². The molecule has 0 radical (unpaired) electrons. The number of nitrogens with one attached hydrogen (secondary N) is 2. The number of fused-ring (bicyclic) bond motifs is 1. The molecule has 9 heteroatoms. The molecule has 1 aliphatic carbocycles. The van der Waals surface area contributed by atoms with Gasteiger partial charge >= 0.3 is 0 Å². The van der Waals surface area contributed by atoms with Crippen molar-refractivity contribution in [3.8, 4) is 11.3 Å². The highest BCUT2D eigenvalue weighted by Gasteiger charge is 2.24. The number of anilines is 2. The molecule has 5 rings (SSSR count). The maximum atomic E-state index is 13.0. The minimum Gasteiger partial charge on any atom is -0.382 e. The fraction of sp³-hybridized carbons (Fsp3) is 0.120. The van der Waals surface area contributed by atoms with Crippen LogP contribution in [-0.2, 0) is 6.42 Å². The molecule has 0 saturated carbocycles. The summed E-state index contributed by atoms with van der Waals surface area (Å²) in [7, 11) is 0. The van der Waals surface area contributed by atoms with Crippen molar-refractivity contribution >= 4 is 23.5 Å². The zero-order chi connectivity index (χ0) is 23.5. The molecular weight excluding hydrogens is 430 g/mol. The van der Waals surface area contributed by atoms with Crippen molar-refractivity contribution in [1.82, 2.24) is 25.3 Å². The summed E-state index contributed by atoms with van der Waals surface area (Å²) in [6, 6.07) is 16.7. The lowest BCUT2D eigenvalue weighted by Gasteiger charge is -2.14. The van der Waals surface area contributed by atoms with Gasteiger partial charge in [0.25, 0.3) is 11.8 Å². The van der Waals surface area contributed by atoms with Gasteiger partial charge < -0.3 is 16.4 Å². The lowest BCUT2D eigenvalue weighted by Crippen LogP contribution is -2.27. The lowest BCUT2D eigenvalue weighted by atomic mass is 10.1. The van der Waals surface area contributed by atoms with Crippen LogP contribution in [0.5, 0.6) is 0 Å². The predicted octanol–water partition coefficient (Wildman–Crippen LogP) is 3.19. The number of carbonyl (C=O) groups excluding carboxylic acids is 2. The van der Waals surface area contributed by atoms with Crippen molar-refractivity contribution in [2.45, 2.75) is 18.9 Å². The molecule has 2 heterocycles. The van der Waals surface area contributed by atoms with Crippen molar-refractivity contribution in [2.24, 2.45) is 0 Å². The number of aromatic nitrogens is 4. The maximum absolute atomic E-state index is 13.0. The molecule has 0 fully saturated rings. The Kier molecular flexibility index (Phi) is 5.65. The summed E-state index contributed by atoms with van der Waals surface area (Å²) in [5.74, 6) is -0.407. The Morgan fingerprint density at radius 2 is 1.88 bits per heavy atom. The van der Waals surface area contributed by atoms with Crippen molar-refractivity contribution in [3.05, 3.63) is 95.7 Å². The Bertz CT molecular complexity index is 1370.